The molecule has 1 fully saturated rings. The zero-order chi connectivity index (χ0) is 13.9. The highest BCUT2D eigenvalue weighted by atomic mass is 16.5. The molecule has 1 aromatic carbocycles. The van der Waals surface area contributed by atoms with Crippen LogP contribution in [0.3, 0.4) is 0 Å². The number of hydrogen-bond donors (Lipinski definition) is 1. The number of ether oxygens (including phenoxy) is 2. The number of methoxy groups -OCH3 is 1. The lowest BCUT2D eigenvalue weighted by molar-refractivity contribution is 0.275. The van der Waals surface area contributed by atoms with Crippen LogP contribution in [-0.4, -0.2) is 19.3 Å². The van der Waals surface area contributed by atoms with Gasteiger partial charge in [-0.25, -0.2) is 0 Å². The Hall–Kier alpha value is -1.22. The molecule has 2 rings (SSSR count). The van der Waals surface area contributed by atoms with Gasteiger partial charge in [-0.05, 0) is 45.6 Å². The fourth-order valence-electron chi connectivity index (χ4n) is 1.87. The highest BCUT2D eigenvalue weighted by molar-refractivity contribution is 5.46. The molecule has 3 heteroatoms. The Labute approximate surface area is 116 Å². The minimum absolute atomic E-state index is 0.0941. The summed E-state index contributed by atoms with van der Waals surface area (Å²) in [5, 5.41) is 3.50. The zero-order valence-electron chi connectivity index (χ0n) is 12.5. The van der Waals surface area contributed by atoms with Gasteiger partial charge in [-0.15, -0.1) is 0 Å². The van der Waals surface area contributed by atoms with Crippen LogP contribution in [0.4, 0.5) is 0 Å². The summed E-state index contributed by atoms with van der Waals surface area (Å²) in [6.45, 7) is 8.09. The standard InChI is InChI=1S/C16H25NO2/c1-16(2,3)17-10-13-6-5-7-14(18-4)15(13)19-11-12-8-9-12/h5-7,12,17H,8-11H2,1-4H3. The van der Waals surface area contributed by atoms with Gasteiger partial charge in [0.15, 0.2) is 11.5 Å². The van der Waals surface area contributed by atoms with Gasteiger partial charge in [0, 0.05) is 17.6 Å². The summed E-state index contributed by atoms with van der Waals surface area (Å²) < 4.78 is 11.4. The summed E-state index contributed by atoms with van der Waals surface area (Å²) in [6.07, 6.45) is 2.59. The summed E-state index contributed by atoms with van der Waals surface area (Å²) in [6, 6.07) is 6.08. The quantitative estimate of drug-likeness (QED) is 0.853. The maximum atomic E-state index is 5.98. The topological polar surface area (TPSA) is 30.5 Å². The van der Waals surface area contributed by atoms with E-state index < -0.39 is 0 Å². The first-order chi connectivity index (χ1) is 8.99. The van der Waals surface area contributed by atoms with Gasteiger partial charge < -0.3 is 14.8 Å². The van der Waals surface area contributed by atoms with Gasteiger partial charge in [-0.1, -0.05) is 12.1 Å². The van der Waals surface area contributed by atoms with Crippen molar-refractivity contribution in [3.8, 4) is 11.5 Å². The zero-order valence-corrected chi connectivity index (χ0v) is 12.5. The van der Waals surface area contributed by atoms with E-state index in [1.54, 1.807) is 7.11 Å². The lowest BCUT2D eigenvalue weighted by Crippen LogP contribution is -2.35. The SMILES string of the molecule is COc1cccc(CNC(C)(C)C)c1OCC1CC1. The van der Waals surface area contributed by atoms with Crippen LogP contribution in [0.2, 0.25) is 0 Å². The second kappa shape index (κ2) is 5.83. The van der Waals surface area contributed by atoms with Crippen LogP contribution in [0.25, 0.3) is 0 Å². The fraction of sp³-hybridized carbons (Fsp3) is 0.625. The van der Waals surface area contributed by atoms with E-state index in [1.165, 1.54) is 12.8 Å². The summed E-state index contributed by atoms with van der Waals surface area (Å²) in [4.78, 5) is 0. The Balaban J connectivity index is 2.09. The van der Waals surface area contributed by atoms with Crippen LogP contribution in [0, 0.1) is 5.92 Å². The van der Waals surface area contributed by atoms with Crippen molar-refractivity contribution in [3.05, 3.63) is 23.8 Å². The van der Waals surface area contributed by atoms with Gasteiger partial charge in [-0.3, -0.25) is 0 Å². The summed E-state index contributed by atoms with van der Waals surface area (Å²) in [7, 11) is 1.69. The van der Waals surface area contributed by atoms with Crippen molar-refractivity contribution in [2.75, 3.05) is 13.7 Å². The largest absolute Gasteiger partial charge is 0.493 e. The lowest BCUT2D eigenvalue weighted by atomic mass is 10.1. The second-order valence-electron chi connectivity index (χ2n) is 6.31. The highest BCUT2D eigenvalue weighted by Gasteiger charge is 2.23. The Bertz CT molecular complexity index is 419. The van der Waals surface area contributed by atoms with Crippen molar-refractivity contribution in [3.63, 3.8) is 0 Å². The van der Waals surface area contributed by atoms with Gasteiger partial charge in [0.2, 0.25) is 0 Å². The maximum Gasteiger partial charge on any atom is 0.165 e. The van der Waals surface area contributed by atoms with E-state index in [0.29, 0.717) is 0 Å². The predicted octanol–water partition coefficient (Wildman–Crippen LogP) is 3.37. The molecule has 106 valence electrons. The van der Waals surface area contributed by atoms with E-state index in [2.05, 4.69) is 32.2 Å². The van der Waals surface area contributed by atoms with E-state index in [1.807, 2.05) is 12.1 Å². The normalized spacial score (nSPS) is 15.4. The van der Waals surface area contributed by atoms with Crippen LogP contribution in [0.5, 0.6) is 11.5 Å². The molecule has 0 unspecified atom stereocenters. The van der Waals surface area contributed by atoms with Gasteiger partial charge in [0.1, 0.15) is 0 Å². The molecular formula is C16H25NO2. The molecule has 0 aromatic heterocycles. The molecule has 1 aliphatic rings. The smallest absolute Gasteiger partial charge is 0.165 e. The molecule has 3 nitrogen and oxygen atoms in total. The first-order valence-corrected chi connectivity index (χ1v) is 7.03. The van der Waals surface area contributed by atoms with Crippen LogP contribution in [0.1, 0.15) is 39.2 Å². The molecule has 0 spiro atoms. The lowest BCUT2D eigenvalue weighted by Gasteiger charge is -2.22. The molecule has 0 bridgehead atoms. The summed E-state index contributed by atoms with van der Waals surface area (Å²) >= 11 is 0. The summed E-state index contributed by atoms with van der Waals surface area (Å²) in [5.74, 6) is 2.47. The first-order valence-electron chi connectivity index (χ1n) is 7.03. The van der Waals surface area contributed by atoms with E-state index in [0.717, 1.165) is 36.1 Å². The number of rotatable bonds is 6. The average Bonchev–Trinajstić information content (AvgIpc) is 3.17. The Morgan fingerprint density at radius 3 is 2.58 bits per heavy atom. The molecule has 0 heterocycles. The molecule has 0 amide bonds. The Kier molecular flexibility index (Phi) is 4.35. The van der Waals surface area contributed by atoms with Crippen LogP contribution in [0.15, 0.2) is 18.2 Å². The van der Waals surface area contributed by atoms with Crippen LogP contribution >= 0.6 is 0 Å². The minimum Gasteiger partial charge on any atom is -0.493 e. The van der Waals surface area contributed by atoms with Crippen LogP contribution < -0.4 is 14.8 Å². The summed E-state index contributed by atoms with van der Waals surface area (Å²) in [5.41, 5.74) is 1.26. The van der Waals surface area contributed by atoms with Gasteiger partial charge >= 0.3 is 0 Å². The van der Waals surface area contributed by atoms with Gasteiger partial charge in [-0.2, -0.15) is 0 Å². The predicted molar refractivity (Wildman–Crippen MR) is 77.8 cm³/mol. The van der Waals surface area contributed by atoms with E-state index in [-0.39, 0.29) is 5.54 Å². The second-order valence-corrected chi connectivity index (χ2v) is 6.31. The van der Waals surface area contributed by atoms with Crippen molar-refractivity contribution < 1.29 is 9.47 Å². The van der Waals surface area contributed by atoms with Crippen LogP contribution in [-0.2, 0) is 6.54 Å². The molecule has 0 saturated heterocycles. The Morgan fingerprint density at radius 1 is 1.26 bits per heavy atom. The van der Waals surface area contributed by atoms with E-state index in [9.17, 15) is 0 Å². The minimum atomic E-state index is 0.0941. The monoisotopic (exact) mass is 263 g/mol. The first kappa shape index (κ1) is 14.2. The van der Waals surface area contributed by atoms with Gasteiger partial charge in [0.05, 0.1) is 13.7 Å². The van der Waals surface area contributed by atoms with E-state index >= 15 is 0 Å². The molecule has 1 aliphatic carbocycles. The third-order valence-electron chi connectivity index (χ3n) is 3.25. The molecular weight excluding hydrogens is 238 g/mol. The number of nitrogens with one attached hydrogen (secondary N) is 1. The molecule has 0 radical (unpaired) electrons. The third-order valence-corrected chi connectivity index (χ3v) is 3.25. The number of benzene rings is 1. The molecule has 1 saturated carbocycles. The van der Waals surface area contributed by atoms with Crippen molar-refractivity contribution in [2.45, 2.75) is 45.7 Å². The molecule has 19 heavy (non-hydrogen) atoms. The van der Waals surface area contributed by atoms with Crippen molar-refractivity contribution >= 4 is 0 Å². The average molecular weight is 263 g/mol. The molecule has 1 N–H and O–H groups in total. The Morgan fingerprint density at radius 2 is 2.00 bits per heavy atom. The maximum absolute atomic E-state index is 5.98. The van der Waals surface area contributed by atoms with Crippen molar-refractivity contribution in [1.29, 1.82) is 0 Å². The number of hydrogen-bond acceptors (Lipinski definition) is 3. The molecule has 1 aromatic rings. The fourth-order valence-corrected chi connectivity index (χ4v) is 1.87. The third kappa shape index (κ3) is 4.43. The van der Waals surface area contributed by atoms with Crippen molar-refractivity contribution in [1.82, 2.24) is 5.32 Å². The molecule has 0 aliphatic heterocycles. The van der Waals surface area contributed by atoms with Crippen molar-refractivity contribution in [2.24, 2.45) is 5.92 Å². The molecule has 0 atom stereocenters. The van der Waals surface area contributed by atoms with E-state index in [4.69, 9.17) is 9.47 Å². The highest BCUT2D eigenvalue weighted by Crippen LogP contribution is 2.35. The van der Waals surface area contributed by atoms with Gasteiger partial charge in [0.25, 0.3) is 0 Å². The number of para-hydroxylation sites is 1.